The molecule has 24 heavy (non-hydrogen) atoms. The van der Waals surface area contributed by atoms with Crippen LogP contribution in [0.1, 0.15) is 35.8 Å². The fraction of sp³-hybridized carbons (Fsp3) is 0.316. The van der Waals surface area contributed by atoms with Crippen LogP contribution in [0.5, 0.6) is 11.5 Å². The Morgan fingerprint density at radius 1 is 1.17 bits per heavy atom. The molecule has 0 heterocycles. The highest BCUT2D eigenvalue weighted by molar-refractivity contribution is 7.99. The first-order chi connectivity index (χ1) is 11.6. The molecule has 1 amide bonds. The molecule has 128 valence electrons. The normalized spacial score (nSPS) is 11.7. The van der Waals surface area contributed by atoms with Crippen molar-refractivity contribution in [2.24, 2.45) is 0 Å². The van der Waals surface area contributed by atoms with E-state index < -0.39 is 0 Å². The first-order valence-electron chi connectivity index (χ1n) is 7.85. The zero-order valence-electron chi connectivity index (χ0n) is 14.5. The van der Waals surface area contributed by atoms with E-state index in [2.05, 4.69) is 12.2 Å². The molecule has 2 aromatic carbocycles. The van der Waals surface area contributed by atoms with E-state index >= 15 is 0 Å². The third kappa shape index (κ3) is 4.23. The average molecular weight is 345 g/mol. The lowest BCUT2D eigenvalue weighted by molar-refractivity contribution is 0.0936. The summed E-state index contributed by atoms with van der Waals surface area (Å²) in [5.41, 5.74) is 1.57. The van der Waals surface area contributed by atoms with Gasteiger partial charge in [-0.25, -0.2) is 0 Å². The number of rotatable bonds is 7. The zero-order chi connectivity index (χ0) is 17.5. The zero-order valence-corrected chi connectivity index (χ0v) is 15.3. The topological polar surface area (TPSA) is 47.6 Å². The number of ether oxygens (including phenoxy) is 2. The molecular formula is C19H23NO3S. The smallest absolute Gasteiger partial charge is 0.252 e. The minimum atomic E-state index is -0.206. The van der Waals surface area contributed by atoms with Crippen molar-refractivity contribution in [1.29, 1.82) is 0 Å². The molecule has 0 saturated carbocycles. The molecule has 0 aliphatic heterocycles. The number of carbonyl (C=O) groups is 1. The quantitative estimate of drug-likeness (QED) is 0.760. The second-order valence-electron chi connectivity index (χ2n) is 5.23. The van der Waals surface area contributed by atoms with Crippen LogP contribution in [0.3, 0.4) is 0 Å². The fourth-order valence-corrected chi connectivity index (χ4v) is 3.27. The van der Waals surface area contributed by atoms with Gasteiger partial charge in [-0.05, 0) is 43.0 Å². The number of thioether (sulfide) groups is 1. The van der Waals surface area contributed by atoms with Gasteiger partial charge in [-0.1, -0.05) is 19.1 Å². The molecular weight excluding hydrogens is 322 g/mol. The Hall–Kier alpha value is -2.14. The SMILES string of the molecule is CCSc1ccccc1C(=O)N[C@@H](C)c1cc(OC)ccc1OC. The Kier molecular flexibility index (Phi) is 6.55. The van der Waals surface area contributed by atoms with Crippen LogP contribution in [0.15, 0.2) is 47.4 Å². The predicted octanol–water partition coefficient (Wildman–Crippen LogP) is 4.31. The van der Waals surface area contributed by atoms with Gasteiger partial charge in [0.15, 0.2) is 0 Å². The van der Waals surface area contributed by atoms with Gasteiger partial charge in [0, 0.05) is 10.5 Å². The average Bonchev–Trinajstić information content (AvgIpc) is 2.61. The minimum Gasteiger partial charge on any atom is -0.497 e. The van der Waals surface area contributed by atoms with E-state index in [1.807, 2.05) is 49.4 Å². The summed E-state index contributed by atoms with van der Waals surface area (Å²) in [6, 6.07) is 13.0. The summed E-state index contributed by atoms with van der Waals surface area (Å²) >= 11 is 1.66. The highest BCUT2D eigenvalue weighted by Crippen LogP contribution is 2.30. The number of benzene rings is 2. The lowest BCUT2D eigenvalue weighted by Crippen LogP contribution is -2.27. The van der Waals surface area contributed by atoms with Crippen molar-refractivity contribution in [3.8, 4) is 11.5 Å². The monoisotopic (exact) mass is 345 g/mol. The van der Waals surface area contributed by atoms with Crippen molar-refractivity contribution in [1.82, 2.24) is 5.32 Å². The second-order valence-corrected chi connectivity index (χ2v) is 6.54. The third-order valence-electron chi connectivity index (χ3n) is 3.68. The predicted molar refractivity (Wildman–Crippen MR) is 98.3 cm³/mol. The molecule has 0 aliphatic carbocycles. The van der Waals surface area contributed by atoms with Crippen LogP contribution in [0, 0.1) is 0 Å². The fourth-order valence-electron chi connectivity index (χ4n) is 2.47. The van der Waals surface area contributed by atoms with Gasteiger partial charge in [-0.3, -0.25) is 4.79 Å². The van der Waals surface area contributed by atoms with Crippen molar-refractivity contribution >= 4 is 17.7 Å². The van der Waals surface area contributed by atoms with Crippen LogP contribution in [-0.4, -0.2) is 25.9 Å². The summed E-state index contributed by atoms with van der Waals surface area (Å²) in [5, 5.41) is 3.05. The molecule has 0 aliphatic rings. The molecule has 1 N–H and O–H groups in total. The molecule has 0 radical (unpaired) electrons. The van der Waals surface area contributed by atoms with E-state index in [0.29, 0.717) is 5.56 Å². The van der Waals surface area contributed by atoms with Crippen molar-refractivity contribution in [3.05, 3.63) is 53.6 Å². The number of carbonyl (C=O) groups excluding carboxylic acids is 1. The first kappa shape index (κ1) is 18.2. The molecule has 4 nitrogen and oxygen atoms in total. The standard InChI is InChI=1S/C19H23NO3S/c1-5-24-18-9-7-6-8-15(18)19(21)20-13(2)16-12-14(22-3)10-11-17(16)23-4/h6-13H,5H2,1-4H3,(H,20,21)/t13-/m0/s1. The maximum Gasteiger partial charge on any atom is 0.252 e. The summed E-state index contributed by atoms with van der Waals surface area (Å²) in [5.74, 6) is 2.28. The Bertz CT molecular complexity index is 703. The maximum absolute atomic E-state index is 12.7. The molecule has 1 atom stereocenters. The van der Waals surface area contributed by atoms with E-state index in [9.17, 15) is 4.79 Å². The van der Waals surface area contributed by atoms with Crippen molar-refractivity contribution < 1.29 is 14.3 Å². The first-order valence-corrected chi connectivity index (χ1v) is 8.83. The summed E-state index contributed by atoms with van der Waals surface area (Å²) < 4.78 is 10.7. The molecule has 0 aromatic heterocycles. The lowest BCUT2D eigenvalue weighted by atomic mass is 10.1. The molecule has 5 heteroatoms. The van der Waals surface area contributed by atoms with Gasteiger partial charge < -0.3 is 14.8 Å². The van der Waals surface area contributed by atoms with E-state index in [1.165, 1.54) is 0 Å². The third-order valence-corrected chi connectivity index (χ3v) is 4.64. The van der Waals surface area contributed by atoms with E-state index in [4.69, 9.17) is 9.47 Å². The largest absolute Gasteiger partial charge is 0.497 e. The van der Waals surface area contributed by atoms with Gasteiger partial charge in [-0.15, -0.1) is 11.8 Å². The van der Waals surface area contributed by atoms with Crippen molar-refractivity contribution in [2.75, 3.05) is 20.0 Å². The highest BCUT2D eigenvalue weighted by atomic mass is 32.2. The molecule has 2 rings (SSSR count). The Morgan fingerprint density at radius 2 is 1.92 bits per heavy atom. The summed E-state index contributed by atoms with van der Waals surface area (Å²) in [6.45, 7) is 4.01. The van der Waals surface area contributed by atoms with E-state index in [-0.39, 0.29) is 11.9 Å². The molecule has 2 aromatic rings. The number of hydrogen-bond acceptors (Lipinski definition) is 4. The molecule has 0 fully saturated rings. The van der Waals surface area contributed by atoms with Gasteiger partial charge in [0.05, 0.1) is 25.8 Å². The summed E-state index contributed by atoms with van der Waals surface area (Å²) in [7, 11) is 3.24. The Morgan fingerprint density at radius 3 is 2.58 bits per heavy atom. The van der Waals surface area contributed by atoms with Crippen LogP contribution < -0.4 is 14.8 Å². The number of methoxy groups -OCH3 is 2. The van der Waals surface area contributed by atoms with Crippen LogP contribution in [0.4, 0.5) is 0 Å². The van der Waals surface area contributed by atoms with Crippen LogP contribution in [0.2, 0.25) is 0 Å². The molecule has 0 saturated heterocycles. The van der Waals surface area contributed by atoms with E-state index in [0.717, 1.165) is 27.7 Å². The Balaban J connectivity index is 2.23. The molecule has 0 spiro atoms. The Labute approximate surface area is 147 Å². The number of hydrogen-bond donors (Lipinski definition) is 1. The van der Waals surface area contributed by atoms with Gasteiger partial charge in [0.2, 0.25) is 0 Å². The number of nitrogens with one attached hydrogen (secondary N) is 1. The second kappa shape index (κ2) is 8.64. The van der Waals surface area contributed by atoms with Crippen LogP contribution in [-0.2, 0) is 0 Å². The summed E-state index contributed by atoms with van der Waals surface area (Å²) in [6.07, 6.45) is 0. The van der Waals surface area contributed by atoms with E-state index in [1.54, 1.807) is 26.0 Å². The van der Waals surface area contributed by atoms with Crippen molar-refractivity contribution in [3.63, 3.8) is 0 Å². The van der Waals surface area contributed by atoms with Crippen molar-refractivity contribution in [2.45, 2.75) is 24.8 Å². The van der Waals surface area contributed by atoms with Gasteiger partial charge in [0.1, 0.15) is 11.5 Å². The lowest BCUT2D eigenvalue weighted by Gasteiger charge is -2.19. The summed E-state index contributed by atoms with van der Waals surface area (Å²) in [4.78, 5) is 13.7. The van der Waals surface area contributed by atoms with Gasteiger partial charge in [-0.2, -0.15) is 0 Å². The van der Waals surface area contributed by atoms with Crippen LogP contribution in [0.25, 0.3) is 0 Å². The molecule has 0 unspecified atom stereocenters. The molecule has 0 bridgehead atoms. The van der Waals surface area contributed by atoms with Crippen LogP contribution >= 0.6 is 11.8 Å². The number of amides is 1. The minimum absolute atomic E-state index is 0.0936. The van der Waals surface area contributed by atoms with Gasteiger partial charge in [0.25, 0.3) is 5.91 Å². The maximum atomic E-state index is 12.7. The van der Waals surface area contributed by atoms with Gasteiger partial charge >= 0.3 is 0 Å². The highest BCUT2D eigenvalue weighted by Gasteiger charge is 2.18.